The van der Waals surface area contributed by atoms with Crippen LogP contribution in [0.1, 0.15) is 20.8 Å². The van der Waals surface area contributed by atoms with E-state index in [1.807, 2.05) is 13.8 Å². The number of hydrogen-bond acceptors (Lipinski definition) is 2. The number of nitrogens with two attached hydrogens (primary N) is 1. The number of rotatable bonds is 3. The highest BCUT2D eigenvalue weighted by molar-refractivity contribution is 5.79. The number of hydrogen-bond donors (Lipinski definition) is 2. The Morgan fingerprint density at radius 3 is 2.00 bits per heavy atom. The number of nitrogens with one attached hydrogen (secondary N) is 1. The monoisotopic (exact) mass is 130 g/mol. The maximum absolute atomic E-state index is 10.4. The first-order valence-corrected chi connectivity index (χ1v) is 3.09. The van der Waals surface area contributed by atoms with Gasteiger partial charge >= 0.3 is 0 Å². The van der Waals surface area contributed by atoms with Crippen molar-refractivity contribution in [1.82, 2.24) is 5.32 Å². The molecule has 0 aromatic rings. The van der Waals surface area contributed by atoms with Gasteiger partial charge in [-0.05, 0) is 6.92 Å². The maximum atomic E-state index is 10.4. The molecule has 0 aliphatic carbocycles. The van der Waals surface area contributed by atoms with Crippen LogP contribution in [-0.2, 0) is 4.79 Å². The molecule has 0 fully saturated rings. The summed E-state index contributed by atoms with van der Waals surface area (Å²) < 4.78 is 0. The first kappa shape index (κ1) is 8.43. The fourth-order valence-corrected chi connectivity index (χ4v) is 0.582. The smallest absolute Gasteiger partial charge is 0.234 e. The second-order valence-corrected chi connectivity index (χ2v) is 2.45. The number of primary amides is 1. The fourth-order valence-electron chi connectivity index (χ4n) is 0.582. The summed E-state index contributed by atoms with van der Waals surface area (Å²) in [5.41, 5.74) is 4.98. The van der Waals surface area contributed by atoms with E-state index in [1.54, 1.807) is 6.92 Å². The topological polar surface area (TPSA) is 55.1 Å². The first-order valence-electron chi connectivity index (χ1n) is 3.09. The molecule has 0 rings (SSSR count). The molecule has 9 heavy (non-hydrogen) atoms. The predicted molar refractivity (Wildman–Crippen MR) is 36.9 cm³/mol. The lowest BCUT2D eigenvalue weighted by Gasteiger charge is -2.12. The molecule has 0 aromatic carbocycles. The van der Waals surface area contributed by atoms with Crippen molar-refractivity contribution >= 4 is 5.91 Å². The van der Waals surface area contributed by atoms with Crippen molar-refractivity contribution in [2.45, 2.75) is 32.9 Å². The average Bonchev–Trinajstić information content (AvgIpc) is 1.63. The third-order valence-corrected chi connectivity index (χ3v) is 1.01. The SMILES string of the molecule is CC(C)N[C@@H](C)C(N)=O. The zero-order chi connectivity index (χ0) is 7.44. The highest BCUT2D eigenvalue weighted by Gasteiger charge is 2.07. The molecule has 0 saturated carbocycles. The Morgan fingerprint density at radius 1 is 1.44 bits per heavy atom. The lowest BCUT2D eigenvalue weighted by Crippen LogP contribution is -2.42. The highest BCUT2D eigenvalue weighted by atomic mass is 16.1. The number of carbonyl (C=O) groups is 1. The molecule has 3 N–H and O–H groups in total. The second kappa shape index (κ2) is 3.45. The van der Waals surface area contributed by atoms with Crippen molar-refractivity contribution in [3.63, 3.8) is 0 Å². The van der Waals surface area contributed by atoms with E-state index in [0.29, 0.717) is 6.04 Å². The van der Waals surface area contributed by atoms with Crippen molar-refractivity contribution in [3.05, 3.63) is 0 Å². The van der Waals surface area contributed by atoms with Gasteiger partial charge in [-0.15, -0.1) is 0 Å². The van der Waals surface area contributed by atoms with Crippen LogP contribution >= 0.6 is 0 Å². The van der Waals surface area contributed by atoms with Crippen LogP contribution in [0.15, 0.2) is 0 Å². The van der Waals surface area contributed by atoms with Crippen LogP contribution in [0.25, 0.3) is 0 Å². The van der Waals surface area contributed by atoms with Gasteiger partial charge in [-0.1, -0.05) is 13.8 Å². The molecular formula is C6H14N2O. The molecule has 1 atom stereocenters. The molecule has 0 heterocycles. The van der Waals surface area contributed by atoms with Gasteiger partial charge in [0.25, 0.3) is 0 Å². The summed E-state index contributed by atoms with van der Waals surface area (Å²) in [5, 5.41) is 2.97. The minimum absolute atomic E-state index is 0.218. The van der Waals surface area contributed by atoms with Crippen LogP contribution in [0.3, 0.4) is 0 Å². The third-order valence-electron chi connectivity index (χ3n) is 1.01. The van der Waals surface area contributed by atoms with Crippen molar-refractivity contribution in [3.8, 4) is 0 Å². The summed E-state index contributed by atoms with van der Waals surface area (Å²) in [6.45, 7) is 5.70. The van der Waals surface area contributed by atoms with E-state index in [9.17, 15) is 4.79 Å². The van der Waals surface area contributed by atoms with Gasteiger partial charge in [0.1, 0.15) is 0 Å². The molecule has 54 valence electrons. The van der Waals surface area contributed by atoms with Crippen LogP contribution in [0, 0.1) is 0 Å². The Balaban J connectivity index is 3.50. The minimum atomic E-state index is -0.302. The lowest BCUT2D eigenvalue weighted by atomic mass is 10.3. The molecule has 0 aromatic heterocycles. The quantitative estimate of drug-likeness (QED) is 0.558. The van der Waals surface area contributed by atoms with E-state index in [0.717, 1.165) is 0 Å². The molecular weight excluding hydrogens is 116 g/mol. The van der Waals surface area contributed by atoms with Gasteiger partial charge in [0.15, 0.2) is 0 Å². The summed E-state index contributed by atoms with van der Waals surface area (Å²) in [5.74, 6) is -0.302. The zero-order valence-electron chi connectivity index (χ0n) is 6.14. The highest BCUT2D eigenvalue weighted by Crippen LogP contribution is 1.82. The Kier molecular flexibility index (Phi) is 3.24. The van der Waals surface area contributed by atoms with E-state index in [2.05, 4.69) is 5.32 Å². The summed E-state index contributed by atoms with van der Waals surface area (Å²) in [4.78, 5) is 10.4. The zero-order valence-corrected chi connectivity index (χ0v) is 6.14. The van der Waals surface area contributed by atoms with Crippen LogP contribution in [0.4, 0.5) is 0 Å². The molecule has 3 heteroatoms. The molecule has 0 aliphatic rings. The van der Waals surface area contributed by atoms with Gasteiger partial charge in [0.2, 0.25) is 5.91 Å². The Hall–Kier alpha value is -0.570. The summed E-state index contributed by atoms with van der Waals surface area (Å²) >= 11 is 0. The lowest BCUT2D eigenvalue weighted by molar-refractivity contribution is -0.119. The second-order valence-electron chi connectivity index (χ2n) is 2.45. The van der Waals surface area contributed by atoms with Gasteiger partial charge in [0, 0.05) is 6.04 Å². The van der Waals surface area contributed by atoms with Gasteiger partial charge in [-0.2, -0.15) is 0 Å². The van der Waals surface area contributed by atoms with Crippen molar-refractivity contribution in [2.24, 2.45) is 5.73 Å². The fraction of sp³-hybridized carbons (Fsp3) is 0.833. The van der Waals surface area contributed by atoms with Crippen molar-refractivity contribution in [2.75, 3.05) is 0 Å². The van der Waals surface area contributed by atoms with Crippen LogP contribution < -0.4 is 11.1 Å². The molecule has 0 saturated heterocycles. The molecule has 0 unspecified atom stereocenters. The molecule has 0 aliphatic heterocycles. The average molecular weight is 130 g/mol. The van der Waals surface area contributed by atoms with E-state index < -0.39 is 0 Å². The molecule has 0 radical (unpaired) electrons. The van der Waals surface area contributed by atoms with Gasteiger partial charge < -0.3 is 11.1 Å². The summed E-state index contributed by atoms with van der Waals surface area (Å²) in [7, 11) is 0. The van der Waals surface area contributed by atoms with E-state index in [-0.39, 0.29) is 11.9 Å². The van der Waals surface area contributed by atoms with E-state index >= 15 is 0 Å². The largest absolute Gasteiger partial charge is 0.368 e. The van der Waals surface area contributed by atoms with Crippen LogP contribution in [0.2, 0.25) is 0 Å². The van der Waals surface area contributed by atoms with Crippen molar-refractivity contribution < 1.29 is 4.79 Å². The molecule has 3 nitrogen and oxygen atoms in total. The van der Waals surface area contributed by atoms with Gasteiger partial charge in [-0.3, -0.25) is 4.79 Å². The van der Waals surface area contributed by atoms with Gasteiger partial charge in [-0.25, -0.2) is 0 Å². The third kappa shape index (κ3) is 3.97. The van der Waals surface area contributed by atoms with Crippen LogP contribution in [0.5, 0.6) is 0 Å². The molecule has 0 bridgehead atoms. The molecule has 0 spiro atoms. The Labute approximate surface area is 55.6 Å². The number of amides is 1. The van der Waals surface area contributed by atoms with Gasteiger partial charge in [0.05, 0.1) is 6.04 Å². The molecule has 1 amide bonds. The Morgan fingerprint density at radius 2 is 1.89 bits per heavy atom. The number of carbonyl (C=O) groups excluding carboxylic acids is 1. The van der Waals surface area contributed by atoms with Crippen molar-refractivity contribution in [1.29, 1.82) is 0 Å². The Bertz CT molecular complexity index is 101. The van der Waals surface area contributed by atoms with E-state index in [4.69, 9.17) is 5.73 Å². The van der Waals surface area contributed by atoms with E-state index in [1.165, 1.54) is 0 Å². The normalized spacial score (nSPS) is 13.8. The summed E-state index contributed by atoms with van der Waals surface area (Å²) in [6, 6.07) is 0.0949. The summed E-state index contributed by atoms with van der Waals surface area (Å²) in [6.07, 6.45) is 0. The first-order chi connectivity index (χ1) is 4.04. The van der Waals surface area contributed by atoms with Crippen LogP contribution in [-0.4, -0.2) is 18.0 Å². The standard InChI is InChI=1S/C6H14N2O/c1-4(2)8-5(3)6(7)9/h4-5,8H,1-3H3,(H2,7,9)/t5-/m0/s1. The predicted octanol–water partition coefficient (Wildman–Crippen LogP) is -0.142. The maximum Gasteiger partial charge on any atom is 0.234 e. The minimum Gasteiger partial charge on any atom is -0.368 e.